The Hall–Kier alpha value is 0.400. The zero-order chi connectivity index (χ0) is 8.49. The minimum Gasteiger partial charge on any atom is -0.662 e. The normalized spacial score (nSPS) is 20.9. The van der Waals surface area contributed by atoms with Crippen molar-refractivity contribution in [2.75, 3.05) is 26.2 Å². The summed E-state index contributed by atoms with van der Waals surface area (Å²) >= 11 is 0. The van der Waals surface area contributed by atoms with Crippen LogP contribution in [0.2, 0.25) is 0 Å². The van der Waals surface area contributed by atoms with Crippen molar-refractivity contribution >= 4 is 0 Å². The quantitative estimate of drug-likeness (QED) is 0.480. The van der Waals surface area contributed by atoms with Crippen molar-refractivity contribution in [3.05, 3.63) is 22.8 Å². The Labute approximate surface area is 97.1 Å². The van der Waals surface area contributed by atoms with Crippen LogP contribution in [0, 0.1) is 0 Å². The van der Waals surface area contributed by atoms with Crippen LogP contribution in [0.5, 0.6) is 0 Å². The van der Waals surface area contributed by atoms with Gasteiger partial charge in [-0.2, -0.15) is 0 Å². The van der Waals surface area contributed by atoms with Gasteiger partial charge >= 0.3 is 22.4 Å². The topological polar surface area (TPSA) is 28.2 Å². The maximum Gasteiger partial charge on any atom is 1.00 e. The molecule has 2 nitrogen and oxygen atoms in total. The monoisotopic (exact) mass is 273 g/mol. The van der Waals surface area contributed by atoms with Gasteiger partial charge in [-0.15, -0.1) is 32.3 Å². The zero-order valence-electron chi connectivity index (χ0n) is 8.01. The van der Waals surface area contributed by atoms with Crippen molar-refractivity contribution in [3.8, 4) is 0 Å². The van der Waals surface area contributed by atoms with Crippen molar-refractivity contribution in [2.24, 2.45) is 0 Å². The van der Waals surface area contributed by atoms with Gasteiger partial charge in [0.2, 0.25) is 0 Å². The summed E-state index contributed by atoms with van der Waals surface area (Å²) in [7, 11) is 0. The second-order valence-corrected chi connectivity index (χ2v) is 3.12. The molecule has 0 radical (unpaired) electrons. The molecule has 2 aliphatic heterocycles. The molecule has 13 heavy (non-hydrogen) atoms. The van der Waals surface area contributed by atoms with Gasteiger partial charge in [0.15, 0.2) is 0 Å². The van der Waals surface area contributed by atoms with Gasteiger partial charge < -0.3 is 10.6 Å². The molecule has 0 amide bonds. The first kappa shape index (κ1) is 13.4. The number of rotatable bonds is 0. The molecule has 0 unspecified atom stereocenters. The van der Waals surface area contributed by atoms with E-state index >= 15 is 0 Å². The molecule has 0 atom stereocenters. The Morgan fingerprint density at radius 1 is 0.769 bits per heavy atom. The van der Waals surface area contributed by atoms with Crippen molar-refractivity contribution in [1.82, 2.24) is 0 Å². The van der Waals surface area contributed by atoms with Gasteiger partial charge in [0.1, 0.15) is 0 Å². The van der Waals surface area contributed by atoms with Crippen LogP contribution in [0.4, 0.5) is 0 Å². The maximum atomic E-state index is 4.18. The first-order valence-electron chi connectivity index (χ1n) is 4.91. The summed E-state index contributed by atoms with van der Waals surface area (Å²) in [6.45, 7) is 4.23. The van der Waals surface area contributed by atoms with E-state index in [1.54, 1.807) is 0 Å². The van der Waals surface area contributed by atoms with Crippen LogP contribution in [0.25, 0.3) is 10.6 Å². The van der Waals surface area contributed by atoms with Crippen molar-refractivity contribution in [2.45, 2.75) is 25.7 Å². The van der Waals surface area contributed by atoms with Gasteiger partial charge in [0.05, 0.1) is 0 Å². The van der Waals surface area contributed by atoms with Gasteiger partial charge in [-0.05, 0) is 0 Å². The third kappa shape index (κ3) is 8.72. The standard InChI is InChI=1S/C5H10N.C5H8N.Ag/c2*1-2-4-6-5-3-1;/h1-5H2;1-2H,3-5H2;/q2*-1;+1. The second-order valence-electron chi connectivity index (χ2n) is 3.12. The molecular formula is C10H18AgN2-. The number of hydrogen-bond acceptors (Lipinski definition) is 0. The van der Waals surface area contributed by atoms with Gasteiger partial charge in [-0.1, -0.05) is 31.8 Å². The van der Waals surface area contributed by atoms with Gasteiger partial charge in [-0.25, -0.2) is 0 Å². The van der Waals surface area contributed by atoms with E-state index in [1.807, 2.05) is 0 Å². The molecule has 0 bridgehead atoms. The summed E-state index contributed by atoms with van der Waals surface area (Å²) in [6.07, 6.45) is 9.50. The van der Waals surface area contributed by atoms with Crippen LogP contribution in [0.15, 0.2) is 12.2 Å². The average molecular weight is 274 g/mol. The minimum absolute atomic E-state index is 0. The molecule has 2 rings (SSSR count). The van der Waals surface area contributed by atoms with Crippen molar-refractivity contribution in [3.63, 3.8) is 0 Å². The summed E-state index contributed by atoms with van der Waals surface area (Å²) in [6, 6.07) is 0. The Morgan fingerprint density at radius 2 is 1.54 bits per heavy atom. The summed E-state index contributed by atoms with van der Waals surface area (Å²) < 4.78 is 0. The van der Waals surface area contributed by atoms with E-state index in [-0.39, 0.29) is 22.4 Å². The van der Waals surface area contributed by atoms with Crippen LogP contribution < -0.4 is 0 Å². The molecule has 1 fully saturated rings. The molecule has 2 heterocycles. The van der Waals surface area contributed by atoms with Crippen molar-refractivity contribution < 1.29 is 22.4 Å². The fourth-order valence-electron chi connectivity index (χ4n) is 1.26. The van der Waals surface area contributed by atoms with E-state index < -0.39 is 0 Å². The van der Waals surface area contributed by atoms with Crippen LogP contribution in [-0.4, -0.2) is 26.2 Å². The summed E-state index contributed by atoms with van der Waals surface area (Å²) in [5.74, 6) is 0. The predicted molar refractivity (Wildman–Crippen MR) is 53.8 cm³/mol. The molecule has 0 aliphatic carbocycles. The Kier molecular flexibility index (Phi) is 10.8. The van der Waals surface area contributed by atoms with E-state index in [0.29, 0.717) is 0 Å². The molecule has 0 saturated carbocycles. The first-order chi connectivity index (χ1) is 6.00. The van der Waals surface area contributed by atoms with E-state index in [1.165, 1.54) is 19.3 Å². The van der Waals surface area contributed by atoms with Crippen LogP contribution in [0.3, 0.4) is 0 Å². The van der Waals surface area contributed by atoms with Crippen LogP contribution >= 0.6 is 0 Å². The number of nitrogens with zero attached hydrogens (tertiary/aromatic N) is 2. The van der Waals surface area contributed by atoms with E-state index in [9.17, 15) is 0 Å². The van der Waals surface area contributed by atoms with Gasteiger partial charge in [0, 0.05) is 0 Å². The molecule has 3 heteroatoms. The molecule has 1 saturated heterocycles. The first-order valence-corrected chi connectivity index (χ1v) is 4.91. The SMILES string of the molecule is C1=CC[N-]CC1.C1CC[N-]CC1.[Ag+]. The van der Waals surface area contributed by atoms with E-state index in [2.05, 4.69) is 22.8 Å². The molecule has 0 spiro atoms. The van der Waals surface area contributed by atoms with Crippen LogP contribution in [0.1, 0.15) is 25.7 Å². The summed E-state index contributed by atoms with van der Waals surface area (Å²) in [4.78, 5) is 0. The molecule has 2 aliphatic rings. The van der Waals surface area contributed by atoms with Crippen molar-refractivity contribution in [1.29, 1.82) is 0 Å². The third-order valence-corrected chi connectivity index (χ3v) is 1.99. The zero-order valence-corrected chi connectivity index (χ0v) is 9.49. The molecular weight excluding hydrogens is 256 g/mol. The second kappa shape index (κ2) is 10.5. The fourth-order valence-corrected chi connectivity index (χ4v) is 1.26. The van der Waals surface area contributed by atoms with Crippen LogP contribution in [-0.2, 0) is 22.4 Å². The van der Waals surface area contributed by atoms with E-state index in [0.717, 1.165) is 32.6 Å². The molecule has 0 aromatic rings. The largest absolute Gasteiger partial charge is 1.00 e. The molecule has 0 N–H and O–H groups in total. The number of hydrogen-bond donors (Lipinski definition) is 0. The van der Waals surface area contributed by atoms with Gasteiger partial charge in [-0.3, -0.25) is 0 Å². The fraction of sp³-hybridized carbons (Fsp3) is 0.800. The van der Waals surface area contributed by atoms with Gasteiger partial charge in [0.25, 0.3) is 0 Å². The third-order valence-electron chi connectivity index (χ3n) is 1.99. The summed E-state index contributed by atoms with van der Waals surface area (Å²) in [5.41, 5.74) is 0. The minimum atomic E-state index is 0. The average Bonchev–Trinajstić information content (AvgIpc) is 2.24. The molecule has 80 valence electrons. The predicted octanol–water partition coefficient (Wildman–Crippen LogP) is 2.86. The Morgan fingerprint density at radius 3 is 1.69 bits per heavy atom. The number of piperidine rings is 1. The maximum absolute atomic E-state index is 4.18. The van der Waals surface area contributed by atoms with E-state index in [4.69, 9.17) is 0 Å². The molecule has 0 aromatic carbocycles. The molecule has 0 aromatic heterocycles. The summed E-state index contributed by atoms with van der Waals surface area (Å²) in [5, 5.41) is 8.27. The Balaban J connectivity index is 0.000000206. The smallest absolute Gasteiger partial charge is 0.662 e. The Bertz CT molecular complexity index is 103.